The van der Waals surface area contributed by atoms with Crippen LogP contribution in [0.15, 0.2) is 0 Å². The van der Waals surface area contributed by atoms with Crippen LogP contribution >= 0.6 is 0 Å². The van der Waals surface area contributed by atoms with E-state index in [1.807, 2.05) is 6.92 Å². The van der Waals surface area contributed by atoms with E-state index in [-0.39, 0.29) is 31.9 Å². The highest BCUT2D eigenvalue weighted by Crippen LogP contribution is 2.18. The van der Waals surface area contributed by atoms with Gasteiger partial charge in [-0.2, -0.15) is 17.5 Å². The van der Waals surface area contributed by atoms with Gasteiger partial charge in [-0.15, -0.1) is 0 Å². The van der Waals surface area contributed by atoms with E-state index >= 15 is 0 Å². The molecule has 0 unspecified atom stereocenters. The summed E-state index contributed by atoms with van der Waals surface area (Å²) in [6.07, 6.45) is -4.23. The molecule has 19 heavy (non-hydrogen) atoms. The quantitative estimate of drug-likeness (QED) is 0.708. The predicted molar refractivity (Wildman–Crippen MR) is 66.4 cm³/mol. The molecule has 0 aliphatic carbocycles. The fraction of sp³-hybridized carbons (Fsp3) is 1.00. The van der Waals surface area contributed by atoms with Crippen molar-refractivity contribution in [2.45, 2.75) is 13.1 Å². The topological polar surface area (TPSA) is 52.7 Å². The van der Waals surface area contributed by atoms with Gasteiger partial charge in [0.15, 0.2) is 0 Å². The van der Waals surface area contributed by atoms with Crippen molar-refractivity contribution >= 4 is 10.0 Å². The average Bonchev–Trinajstić information content (AvgIpc) is 2.27. The van der Waals surface area contributed by atoms with Crippen LogP contribution in [0.4, 0.5) is 13.2 Å². The van der Waals surface area contributed by atoms with Gasteiger partial charge in [0.25, 0.3) is 0 Å². The number of nitrogens with zero attached hydrogens (tertiary/aromatic N) is 2. The molecule has 1 aliphatic rings. The van der Waals surface area contributed by atoms with E-state index in [2.05, 4.69) is 5.32 Å². The summed E-state index contributed by atoms with van der Waals surface area (Å²) in [4.78, 5) is 1.23. The van der Waals surface area contributed by atoms with Gasteiger partial charge in [-0.25, -0.2) is 8.42 Å². The van der Waals surface area contributed by atoms with E-state index in [1.165, 1.54) is 9.21 Å². The predicted octanol–water partition coefficient (Wildman–Crippen LogP) is 0.106. The third kappa shape index (κ3) is 6.07. The molecule has 0 aromatic carbocycles. The Balaban J connectivity index is 2.40. The summed E-state index contributed by atoms with van der Waals surface area (Å²) in [6.45, 7) is 2.46. The second kappa shape index (κ2) is 6.87. The zero-order chi connectivity index (χ0) is 14.5. The van der Waals surface area contributed by atoms with Gasteiger partial charge in [0, 0.05) is 32.7 Å². The van der Waals surface area contributed by atoms with Gasteiger partial charge < -0.3 is 5.32 Å². The van der Waals surface area contributed by atoms with Crippen LogP contribution in [-0.4, -0.2) is 75.4 Å². The first-order valence-corrected chi connectivity index (χ1v) is 7.83. The third-order valence-electron chi connectivity index (χ3n) is 2.91. The number of halogens is 3. The summed E-state index contributed by atoms with van der Waals surface area (Å²) in [5.41, 5.74) is 0. The lowest BCUT2D eigenvalue weighted by atomic mass is 10.3. The van der Waals surface area contributed by atoms with E-state index in [0.29, 0.717) is 13.1 Å². The molecule has 0 aromatic rings. The molecule has 0 atom stereocenters. The summed E-state index contributed by atoms with van der Waals surface area (Å²) in [5, 5.41) is 2.92. The molecule has 1 heterocycles. The van der Waals surface area contributed by atoms with Gasteiger partial charge in [0.1, 0.15) is 0 Å². The Labute approximate surface area is 111 Å². The van der Waals surface area contributed by atoms with Crippen LogP contribution in [0.5, 0.6) is 0 Å². The maximum Gasteiger partial charge on any atom is 0.401 e. The fourth-order valence-corrected chi connectivity index (χ4v) is 3.31. The smallest absolute Gasteiger partial charge is 0.316 e. The SMILES string of the molecule is CCNCCS(=O)(=O)N1CCN(CC(F)(F)F)CC1. The van der Waals surface area contributed by atoms with Gasteiger partial charge in [-0.05, 0) is 6.54 Å². The average molecular weight is 303 g/mol. The summed E-state index contributed by atoms with van der Waals surface area (Å²) >= 11 is 0. The van der Waals surface area contributed by atoms with Gasteiger partial charge in [0.05, 0.1) is 12.3 Å². The minimum atomic E-state index is -4.23. The molecule has 1 aliphatic heterocycles. The summed E-state index contributed by atoms with van der Waals surface area (Å²) < 4.78 is 61.7. The monoisotopic (exact) mass is 303 g/mol. The number of hydrogen-bond donors (Lipinski definition) is 1. The van der Waals surface area contributed by atoms with E-state index < -0.39 is 22.7 Å². The number of nitrogens with one attached hydrogen (secondary N) is 1. The lowest BCUT2D eigenvalue weighted by Gasteiger charge is -2.34. The molecule has 0 saturated carbocycles. The fourth-order valence-electron chi connectivity index (χ4n) is 1.93. The number of piperazine rings is 1. The molecule has 1 saturated heterocycles. The molecule has 114 valence electrons. The summed E-state index contributed by atoms with van der Waals surface area (Å²) in [6, 6.07) is 0. The molecular weight excluding hydrogens is 283 g/mol. The van der Waals surface area contributed by atoms with Crippen LogP contribution < -0.4 is 5.32 Å². The lowest BCUT2D eigenvalue weighted by molar-refractivity contribution is -0.148. The van der Waals surface area contributed by atoms with Crippen molar-refractivity contribution in [2.24, 2.45) is 0 Å². The molecule has 0 spiro atoms. The zero-order valence-electron chi connectivity index (χ0n) is 10.9. The molecule has 0 bridgehead atoms. The van der Waals surface area contributed by atoms with Gasteiger partial charge >= 0.3 is 6.18 Å². The van der Waals surface area contributed by atoms with Gasteiger partial charge in [-0.1, -0.05) is 6.92 Å². The molecule has 9 heteroatoms. The highest BCUT2D eigenvalue weighted by Gasteiger charge is 2.34. The number of hydrogen-bond acceptors (Lipinski definition) is 4. The first-order valence-electron chi connectivity index (χ1n) is 6.22. The Hall–Kier alpha value is -0.380. The molecule has 1 N–H and O–H groups in total. The number of rotatable bonds is 6. The first kappa shape index (κ1) is 16.7. The second-order valence-corrected chi connectivity index (χ2v) is 6.55. The van der Waals surface area contributed by atoms with Crippen LogP contribution in [0.3, 0.4) is 0 Å². The maximum absolute atomic E-state index is 12.2. The standard InChI is InChI=1S/C10H20F3N3O2S/c1-2-14-3-8-19(17,18)16-6-4-15(5-7-16)9-10(11,12)13/h14H,2-9H2,1H3. The van der Waals surface area contributed by atoms with Crippen LogP contribution in [-0.2, 0) is 10.0 Å². The van der Waals surface area contributed by atoms with E-state index in [4.69, 9.17) is 0 Å². The number of alkyl halides is 3. The van der Waals surface area contributed by atoms with Crippen molar-refractivity contribution < 1.29 is 21.6 Å². The van der Waals surface area contributed by atoms with Crippen LogP contribution in [0, 0.1) is 0 Å². The Morgan fingerprint density at radius 3 is 2.21 bits per heavy atom. The van der Waals surface area contributed by atoms with Crippen LogP contribution in [0.1, 0.15) is 6.92 Å². The zero-order valence-corrected chi connectivity index (χ0v) is 11.7. The molecule has 0 radical (unpaired) electrons. The molecular formula is C10H20F3N3O2S. The van der Waals surface area contributed by atoms with Gasteiger partial charge in [-0.3, -0.25) is 4.90 Å². The van der Waals surface area contributed by atoms with Crippen LogP contribution in [0.2, 0.25) is 0 Å². The van der Waals surface area contributed by atoms with Crippen molar-refractivity contribution in [3.63, 3.8) is 0 Å². The first-order chi connectivity index (χ1) is 8.74. The van der Waals surface area contributed by atoms with Crippen LogP contribution in [0.25, 0.3) is 0 Å². The molecule has 0 amide bonds. The lowest BCUT2D eigenvalue weighted by Crippen LogP contribution is -2.51. The minimum Gasteiger partial charge on any atom is -0.316 e. The Morgan fingerprint density at radius 1 is 1.16 bits per heavy atom. The Kier molecular flexibility index (Phi) is 6.03. The summed E-state index contributed by atoms with van der Waals surface area (Å²) in [7, 11) is -3.36. The van der Waals surface area contributed by atoms with Crippen molar-refractivity contribution in [3.8, 4) is 0 Å². The van der Waals surface area contributed by atoms with Crippen molar-refractivity contribution in [2.75, 3.05) is 51.6 Å². The van der Waals surface area contributed by atoms with Crippen molar-refractivity contribution in [1.29, 1.82) is 0 Å². The normalized spacial score (nSPS) is 19.8. The van der Waals surface area contributed by atoms with Gasteiger partial charge in [0.2, 0.25) is 10.0 Å². The molecule has 5 nitrogen and oxygen atoms in total. The summed E-state index contributed by atoms with van der Waals surface area (Å²) in [5.74, 6) is -0.0138. The Bertz CT molecular complexity index is 365. The molecule has 0 aromatic heterocycles. The molecule has 1 rings (SSSR count). The molecule has 1 fully saturated rings. The van der Waals surface area contributed by atoms with E-state index in [9.17, 15) is 21.6 Å². The van der Waals surface area contributed by atoms with E-state index in [0.717, 1.165) is 0 Å². The second-order valence-electron chi connectivity index (χ2n) is 4.46. The minimum absolute atomic E-state index is 0.0138. The largest absolute Gasteiger partial charge is 0.401 e. The maximum atomic E-state index is 12.2. The van der Waals surface area contributed by atoms with E-state index in [1.54, 1.807) is 0 Å². The van der Waals surface area contributed by atoms with Crippen molar-refractivity contribution in [3.05, 3.63) is 0 Å². The van der Waals surface area contributed by atoms with Crippen molar-refractivity contribution in [1.82, 2.24) is 14.5 Å². The Morgan fingerprint density at radius 2 is 1.74 bits per heavy atom. The highest BCUT2D eigenvalue weighted by atomic mass is 32.2. The number of sulfonamides is 1. The third-order valence-corrected chi connectivity index (χ3v) is 4.79. The highest BCUT2D eigenvalue weighted by molar-refractivity contribution is 7.89.